The van der Waals surface area contributed by atoms with Crippen molar-refractivity contribution in [2.45, 2.75) is 38.3 Å². The monoisotopic (exact) mass is 195 g/mol. The highest BCUT2D eigenvalue weighted by Crippen LogP contribution is 2.26. The molecule has 1 atom stereocenters. The van der Waals surface area contributed by atoms with Gasteiger partial charge in [-0.05, 0) is 26.8 Å². The predicted molar refractivity (Wildman–Crippen MR) is 53.5 cm³/mol. The minimum absolute atomic E-state index is 0.0418. The SMILES string of the molecule is CC(CNC(=O)CC#N)N(C)C1CC1. The number of carbonyl (C=O) groups excluding carboxylic acids is 1. The third-order valence-electron chi connectivity index (χ3n) is 2.65. The molecule has 1 aliphatic carbocycles. The van der Waals surface area contributed by atoms with Crippen molar-refractivity contribution in [2.24, 2.45) is 0 Å². The molecule has 1 amide bonds. The van der Waals surface area contributed by atoms with Gasteiger partial charge in [0.05, 0.1) is 6.07 Å². The number of carbonyl (C=O) groups is 1. The van der Waals surface area contributed by atoms with Crippen molar-refractivity contribution in [3.63, 3.8) is 0 Å². The number of rotatable bonds is 5. The number of nitriles is 1. The zero-order chi connectivity index (χ0) is 10.6. The quantitative estimate of drug-likeness (QED) is 0.695. The molecular formula is C10H17N3O. The molecule has 0 bridgehead atoms. The van der Waals surface area contributed by atoms with E-state index < -0.39 is 0 Å². The first-order valence-corrected chi connectivity index (χ1v) is 5.00. The fourth-order valence-corrected chi connectivity index (χ4v) is 1.38. The molecule has 1 unspecified atom stereocenters. The lowest BCUT2D eigenvalue weighted by molar-refractivity contribution is -0.120. The fraction of sp³-hybridized carbons (Fsp3) is 0.800. The molecule has 0 aromatic rings. The summed E-state index contributed by atoms with van der Waals surface area (Å²) in [6, 6.07) is 2.89. The lowest BCUT2D eigenvalue weighted by Gasteiger charge is -2.24. The number of amides is 1. The lowest BCUT2D eigenvalue weighted by atomic mass is 10.3. The molecule has 14 heavy (non-hydrogen) atoms. The molecule has 78 valence electrons. The van der Waals surface area contributed by atoms with Crippen molar-refractivity contribution in [1.29, 1.82) is 5.26 Å². The summed E-state index contributed by atoms with van der Waals surface area (Å²) in [5.74, 6) is -0.177. The van der Waals surface area contributed by atoms with Gasteiger partial charge in [0.2, 0.25) is 5.91 Å². The first-order chi connectivity index (χ1) is 6.65. The topological polar surface area (TPSA) is 56.1 Å². The van der Waals surface area contributed by atoms with Crippen molar-refractivity contribution in [2.75, 3.05) is 13.6 Å². The summed E-state index contributed by atoms with van der Waals surface area (Å²) in [6.07, 6.45) is 2.50. The van der Waals surface area contributed by atoms with Crippen LogP contribution in [0, 0.1) is 11.3 Å². The van der Waals surface area contributed by atoms with Crippen LogP contribution in [0.3, 0.4) is 0 Å². The van der Waals surface area contributed by atoms with Crippen LogP contribution >= 0.6 is 0 Å². The minimum atomic E-state index is -0.177. The van der Waals surface area contributed by atoms with Crippen molar-refractivity contribution in [1.82, 2.24) is 10.2 Å². The number of hydrogen-bond acceptors (Lipinski definition) is 3. The normalized spacial score (nSPS) is 17.6. The van der Waals surface area contributed by atoms with Gasteiger partial charge in [-0.25, -0.2) is 0 Å². The van der Waals surface area contributed by atoms with Gasteiger partial charge < -0.3 is 5.32 Å². The molecule has 1 N–H and O–H groups in total. The molecule has 0 spiro atoms. The van der Waals surface area contributed by atoms with E-state index in [1.54, 1.807) is 0 Å². The smallest absolute Gasteiger partial charge is 0.234 e. The maximum absolute atomic E-state index is 11.0. The van der Waals surface area contributed by atoms with Crippen LogP contribution in [0.15, 0.2) is 0 Å². The average molecular weight is 195 g/mol. The number of hydrogen-bond donors (Lipinski definition) is 1. The highest BCUT2D eigenvalue weighted by Gasteiger charge is 2.28. The third-order valence-corrected chi connectivity index (χ3v) is 2.65. The summed E-state index contributed by atoms with van der Waals surface area (Å²) in [7, 11) is 2.08. The van der Waals surface area contributed by atoms with Gasteiger partial charge in [-0.15, -0.1) is 0 Å². The molecule has 0 saturated heterocycles. The summed E-state index contributed by atoms with van der Waals surface area (Å²) >= 11 is 0. The molecule has 1 aliphatic rings. The third kappa shape index (κ3) is 3.35. The van der Waals surface area contributed by atoms with Crippen LogP contribution in [0.1, 0.15) is 26.2 Å². The highest BCUT2D eigenvalue weighted by molar-refractivity contribution is 5.77. The molecule has 0 aliphatic heterocycles. The zero-order valence-electron chi connectivity index (χ0n) is 8.79. The van der Waals surface area contributed by atoms with Gasteiger partial charge >= 0.3 is 0 Å². The maximum Gasteiger partial charge on any atom is 0.234 e. The summed E-state index contributed by atoms with van der Waals surface area (Å²) in [5.41, 5.74) is 0. The van der Waals surface area contributed by atoms with Crippen molar-refractivity contribution < 1.29 is 4.79 Å². The first kappa shape index (κ1) is 11.0. The van der Waals surface area contributed by atoms with Gasteiger partial charge in [-0.1, -0.05) is 0 Å². The Hall–Kier alpha value is -1.08. The molecule has 0 heterocycles. The zero-order valence-corrected chi connectivity index (χ0v) is 8.79. The Balaban J connectivity index is 2.16. The van der Waals surface area contributed by atoms with Crippen LogP contribution in [0.5, 0.6) is 0 Å². The summed E-state index contributed by atoms with van der Waals surface area (Å²) in [4.78, 5) is 13.3. The van der Waals surface area contributed by atoms with E-state index in [1.807, 2.05) is 6.07 Å². The predicted octanol–water partition coefficient (Wildman–Crippen LogP) is 0.499. The van der Waals surface area contributed by atoms with Crippen molar-refractivity contribution >= 4 is 5.91 Å². The Labute approximate surface area is 84.9 Å². The van der Waals surface area contributed by atoms with Gasteiger partial charge in [0.25, 0.3) is 0 Å². The van der Waals surface area contributed by atoms with E-state index in [0.717, 1.165) is 0 Å². The molecule has 0 radical (unpaired) electrons. The van der Waals surface area contributed by atoms with Crippen LogP contribution in [0.25, 0.3) is 0 Å². The molecule has 1 fully saturated rings. The van der Waals surface area contributed by atoms with E-state index >= 15 is 0 Å². The lowest BCUT2D eigenvalue weighted by Crippen LogP contribution is -2.41. The Morgan fingerprint density at radius 2 is 2.36 bits per heavy atom. The van der Waals surface area contributed by atoms with Crippen molar-refractivity contribution in [3.8, 4) is 6.07 Å². The van der Waals surface area contributed by atoms with Crippen LogP contribution in [-0.4, -0.2) is 36.5 Å². The van der Waals surface area contributed by atoms with E-state index in [9.17, 15) is 4.79 Å². The first-order valence-electron chi connectivity index (χ1n) is 5.00. The van der Waals surface area contributed by atoms with Crippen LogP contribution < -0.4 is 5.32 Å². The standard InChI is InChI=1S/C10H17N3O/c1-8(13(2)9-3-4-9)7-12-10(14)5-6-11/h8-9H,3-5,7H2,1-2H3,(H,12,14). The average Bonchev–Trinajstić information content (AvgIpc) is 2.96. The van der Waals surface area contributed by atoms with Crippen LogP contribution in [0.4, 0.5) is 0 Å². The highest BCUT2D eigenvalue weighted by atomic mass is 16.1. The van der Waals surface area contributed by atoms with E-state index in [4.69, 9.17) is 5.26 Å². The van der Waals surface area contributed by atoms with E-state index in [-0.39, 0.29) is 12.3 Å². The van der Waals surface area contributed by atoms with Crippen molar-refractivity contribution in [3.05, 3.63) is 0 Å². The largest absolute Gasteiger partial charge is 0.354 e. The second kappa shape index (κ2) is 4.97. The maximum atomic E-state index is 11.0. The van der Waals surface area contributed by atoms with Gasteiger partial charge in [0.15, 0.2) is 0 Å². The Morgan fingerprint density at radius 3 is 2.86 bits per heavy atom. The molecule has 0 aromatic heterocycles. The van der Waals surface area contributed by atoms with Gasteiger partial charge in [0, 0.05) is 18.6 Å². The molecule has 4 heteroatoms. The summed E-state index contributed by atoms with van der Waals surface area (Å²) in [5, 5.41) is 11.0. The fourth-order valence-electron chi connectivity index (χ4n) is 1.38. The van der Waals surface area contributed by atoms with E-state index in [0.29, 0.717) is 18.6 Å². The molecule has 0 aromatic carbocycles. The van der Waals surface area contributed by atoms with Crippen LogP contribution in [0.2, 0.25) is 0 Å². The van der Waals surface area contributed by atoms with E-state index in [2.05, 4.69) is 24.2 Å². The minimum Gasteiger partial charge on any atom is -0.354 e. The summed E-state index contributed by atoms with van der Waals surface area (Å²) in [6.45, 7) is 2.72. The number of nitrogens with one attached hydrogen (secondary N) is 1. The molecule has 1 saturated carbocycles. The molecular weight excluding hydrogens is 178 g/mol. The van der Waals surface area contributed by atoms with E-state index in [1.165, 1.54) is 12.8 Å². The summed E-state index contributed by atoms with van der Waals surface area (Å²) < 4.78 is 0. The van der Waals surface area contributed by atoms with Gasteiger partial charge in [0.1, 0.15) is 6.42 Å². The number of nitrogens with zero attached hydrogens (tertiary/aromatic N) is 2. The Morgan fingerprint density at radius 1 is 1.71 bits per heavy atom. The Kier molecular flexibility index (Phi) is 3.90. The molecule has 4 nitrogen and oxygen atoms in total. The Bertz CT molecular complexity index is 242. The molecule has 1 rings (SSSR count). The van der Waals surface area contributed by atoms with Gasteiger partial charge in [-0.3, -0.25) is 9.69 Å². The van der Waals surface area contributed by atoms with Gasteiger partial charge in [-0.2, -0.15) is 5.26 Å². The second-order valence-electron chi connectivity index (χ2n) is 3.88. The second-order valence-corrected chi connectivity index (χ2v) is 3.88. The van der Waals surface area contributed by atoms with Crippen LogP contribution in [-0.2, 0) is 4.79 Å². The number of likely N-dealkylation sites (N-methyl/N-ethyl adjacent to an activating group) is 1.